The van der Waals surface area contributed by atoms with Gasteiger partial charge in [0.05, 0.1) is 12.6 Å². The highest BCUT2D eigenvalue weighted by Gasteiger charge is 2.47. The number of hydrogen-bond acceptors (Lipinski definition) is 5. The lowest BCUT2D eigenvalue weighted by molar-refractivity contribution is -0.274. The molecule has 38 heavy (non-hydrogen) atoms. The molecule has 3 aromatic rings. The number of para-hydroxylation sites is 1. The van der Waals surface area contributed by atoms with Crippen LogP contribution in [0.5, 0.6) is 11.6 Å². The Morgan fingerprint density at radius 1 is 1.00 bits per heavy atom. The number of ether oxygens (including phenoxy) is 2. The molecular formula is C27H26F6N2O3. The molecule has 4 rings (SSSR count). The Morgan fingerprint density at radius 2 is 1.74 bits per heavy atom. The smallest absolute Gasteiger partial charge is 0.475 e. The summed E-state index contributed by atoms with van der Waals surface area (Å²) in [5.74, 6) is -0.100. The molecule has 0 bridgehead atoms. The van der Waals surface area contributed by atoms with Gasteiger partial charge in [0.15, 0.2) is 6.10 Å². The fourth-order valence-electron chi connectivity index (χ4n) is 4.84. The van der Waals surface area contributed by atoms with E-state index in [0.717, 1.165) is 0 Å². The molecular weight excluding hydrogens is 514 g/mol. The molecule has 1 aliphatic rings. The van der Waals surface area contributed by atoms with Gasteiger partial charge in [0, 0.05) is 29.9 Å². The highest BCUT2D eigenvalue weighted by Crippen LogP contribution is 2.48. The summed E-state index contributed by atoms with van der Waals surface area (Å²) in [6.45, 7) is 2.96. The number of nitrogens with zero attached hydrogens (tertiary/aromatic N) is 2. The summed E-state index contributed by atoms with van der Waals surface area (Å²) >= 11 is 0. The van der Waals surface area contributed by atoms with E-state index < -0.39 is 36.4 Å². The number of aromatic nitrogens is 1. The first-order chi connectivity index (χ1) is 17.8. The van der Waals surface area contributed by atoms with Gasteiger partial charge in [-0.05, 0) is 61.2 Å². The predicted octanol–water partition coefficient (Wildman–Crippen LogP) is 6.04. The zero-order valence-corrected chi connectivity index (χ0v) is 20.6. The molecule has 0 aliphatic carbocycles. The van der Waals surface area contributed by atoms with Gasteiger partial charge in [0.2, 0.25) is 5.88 Å². The molecule has 1 aliphatic heterocycles. The van der Waals surface area contributed by atoms with Crippen LogP contribution in [0.4, 0.5) is 32.0 Å². The first-order valence-corrected chi connectivity index (χ1v) is 11.8. The summed E-state index contributed by atoms with van der Waals surface area (Å²) < 4.78 is 88.3. The first-order valence-electron chi connectivity index (χ1n) is 11.8. The highest BCUT2D eigenvalue weighted by molar-refractivity contribution is 5.67. The molecule has 1 N–H and O–H groups in total. The van der Waals surface area contributed by atoms with Crippen molar-refractivity contribution in [2.75, 3.05) is 18.0 Å². The van der Waals surface area contributed by atoms with Crippen LogP contribution in [0.3, 0.4) is 0 Å². The Morgan fingerprint density at radius 3 is 2.42 bits per heavy atom. The Hall–Kier alpha value is -3.47. The molecule has 2 unspecified atom stereocenters. The van der Waals surface area contributed by atoms with Crippen molar-refractivity contribution < 1.29 is 40.9 Å². The molecule has 0 fully saturated rings. The first kappa shape index (κ1) is 27.6. The average molecular weight is 541 g/mol. The number of benzene rings is 2. The molecule has 1 aromatic heterocycles. The quantitative estimate of drug-likeness (QED) is 0.353. The van der Waals surface area contributed by atoms with Crippen LogP contribution in [0, 0.1) is 0 Å². The predicted molar refractivity (Wildman–Crippen MR) is 128 cm³/mol. The topological polar surface area (TPSA) is 54.8 Å². The third kappa shape index (κ3) is 6.15. The van der Waals surface area contributed by atoms with Crippen molar-refractivity contribution in [1.29, 1.82) is 0 Å². The number of fused-ring (bicyclic) bond motifs is 1. The lowest BCUT2D eigenvalue weighted by Crippen LogP contribution is -2.44. The number of pyridine rings is 1. The SMILES string of the molecule is CC(C)Oc1cc(C2(Cc3cccc(OC(F)(F)F)c3)CN(CC(O)C(F)(F)F)c3ccccc32)ccn1. The Bertz CT molecular complexity index is 1260. The Balaban J connectivity index is 1.83. The van der Waals surface area contributed by atoms with E-state index in [1.54, 1.807) is 42.5 Å². The van der Waals surface area contributed by atoms with Crippen LogP contribution in [0.2, 0.25) is 0 Å². The van der Waals surface area contributed by atoms with Gasteiger partial charge in [-0.25, -0.2) is 4.98 Å². The molecule has 204 valence electrons. The summed E-state index contributed by atoms with van der Waals surface area (Å²) in [4.78, 5) is 5.68. The number of β-amino-alcohol motifs (C(OH)–C–C–N with tert-alkyl or cyclic N) is 1. The van der Waals surface area contributed by atoms with Gasteiger partial charge in [-0.1, -0.05) is 30.3 Å². The van der Waals surface area contributed by atoms with Gasteiger partial charge in [0.1, 0.15) is 5.75 Å². The summed E-state index contributed by atoms with van der Waals surface area (Å²) in [6, 6.07) is 15.8. The van der Waals surface area contributed by atoms with Crippen molar-refractivity contribution in [2.24, 2.45) is 0 Å². The molecule has 0 saturated heterocycles. The summed E-state index contributed by atoms with van der Waals surface area (Å²) in [5.41, 5.74) is 1.28. The minimum Gasteiger partial charge on any atom is -0.475 e. The maximum Gasteiger partial charge on any atom is 0.573 e. The number of halogens is 6. The van der Waals surface area contributed by atoms with Gasteiger partial charge in [0.25, 0.3) is 0 Å². The van der Waals surface area contributed by atoms with Crippen LogP contribution in [0.25, 0.3) is 0 Å². The Labute approximate surface area is 215 Å². The lowest BCUT2D eigenvalue weighted by atomic mass is 9.72. The maximum atomic E-state index is 13.3. The van der Waals surface area contributed by atoms with Crippen molar-refractivity contribution in [3.63, 3.8) is 0 Å². The van der Waals surface area contributed by atoms with Crippen molar-refractivity contribution in [3.8, 4) is 11.6 Å². The van der Waals surface area contributed by atoms with E-state index in [2.05, 4.69) is 9.72 Å². The number of aliphatic hydroxyl groups excluding tert-OH is 1. The fraction of sp³-hybridized carbons (Fsp3) is 0.370. The van der Waals surface area contributed by atoms with Crippen LogP contribution >= 0.6 is 0 Å². The van der Waals surface area contributed by atoms with Crippen molar-refractivity contribution in [1.82, 2.24) is 4.98 Å². The molecule has 11 heteroatoms. The molecule has 2 aromatic carbocycles. The summed E-state index contributed by atoms with van der Waals surface area (Å²) in [6.07, 6.45) is -10.8. The van der Waals surface area contributed by atoms with Gasteiger partial charge in [-0.2, -0.15) is 13.2 Å². The summed E-state index contributed by atoms with van der Waals surface area (Å²) in [7, 11) is 0. The minimum absolute atomic E-state index is 0.0228. The van der Waals surface area contributed by atoms with Crippen LogP contribution < -0.4 is 14.4 Å². The van der Waals surface area contributed by atoms with Crippen LogP contribution in [0.15, 0.2) is 66.9 Å². The minimum atomic E-state index is -4.88. The molecule has 0 radical (unpaired) electrons. The third-order valence-corrected chi connectivity index (χ3v) is 6.27. The zero-order chi connectivity index (χ0) is 27.7. The van der Waals surface area contributed by atoms with Gasteiger partial charge in [-0.3, -0.25) is 0 Å². The fourth-order valence-corrected chi connectivity index (χ4v) is 4.84. The molecule has 2 heterocycles. The molecule has 5 nitrogen and oxygen atoms in total. The van der Waals surface area contributed by atoms with E-state index in [0.29, 0.717) is 28.3 Å². The monoisotopic (exact) mass is 540 g/mol. The second-order valence-electron chi connectivity index (χ2n) is 9.46. The number of rotatable bonds is 8. The highest BCUT2D eigenvalue weighted by atomic mass is 19.4. The normalized spacial score (nSPS) is 18.4. The van der Waals surface area contributed by atoms with Gasteiger partial charge >= 0.3 is 12.5 Å². The van der Waals surface area contributed by atoms with Gasteiger partial charge < -0.3 is 19.5 Å². The largest absolute Gasteiger partial charge is 0.573 e. The number of anilines is 1. The van der Waals surface area contributed by atoms with E-state index >= 15 is 0 Å². The molecule has 0 amide bonds. The molecule has 0 saturated carbocycles. The van der Waals surface area contributed by atoms with Crippen LogP contribution in [-0.2, 0) is 11.8 Å². The van der Waals surface area contributed by atoms with Crippen molar-refractivity contribution in [3.05, 3.63) is 83.6 Å². The molecule has 2 atom stereocenters. The summed E-state index contributed by atoms with van der Waals surface area (Å²) in [5, 5.41) is 9.87. The Kier molecular flexibility index (Phi) is 7.51. The second kappa shape index (κ2) is 10.4. The standard InChI is InChI=1S/C27H26F6N2O3/c1-17(2)37-24-13-19(10-11-34-24)25(14-18-6-5-7-20(12-18)38-27(31,32)33)16-35(15-23(36)26(28,29)30)22-9-4-3-8-21(22)25/h3-13,17,23,36H,14-16H2,1-2H3. The second-order valence-corrected chi connectivity index (χ2v) is 9.46. The number of hydrogen-bond donors (Lipinski definition) is 1. The van der Waals surface area contributed by atoms with E-state index in [9.17, 15) is 31.4 Å². The van der Waals surface area contributed by atoms with E-state index in [4.69, 9.17) is 4.74 Å². The number of alkyl halides is 6. The van der Waals surface area contributed by atoms with Gasteiger partial charge in [-0.15, -0.1) is 13.2 Å². The zero-order valence-electron chi connectivity index (χ0n) is 20.6. The van der Waals surface area contributed by atoms with Crippen LogP contribution in [-0.4, -0.2) is 47.9 Å². The lowest BCUT2D eigenvalue weighted by Gasteiger charge is -2.33. The number of aliphatic hydroxyl groups is 1. The maximum absolute atomic E-state index is 13.3. The van der Waals surface area contributed by atoms with Crippen LogP contribution in [0.1, 0.15) is 30.5 Å². The average Bonchev–Trinajstić information content (AvgIpc) is 3.11. The molecule has 0 spiro atoms. The van der Waals surface area contributed by atoms with E-state index in [1.165, 1.54) is 29.3 Å². The third-order valence-electron chi connectivity index (χ3n) is 6.27. The van der Waals surface area contributed by atoms with E-state index in [1.807, 2.05) is 13.8 Å². The van der Waals surface area contributed by atoms with Crippen molar-refractivity contribution in [2.45, 2.75) is 50.4 Å². The van der Waals surface area contributed by atoms with E-state index in [-0.39, 0.29) is 19.1 Å². The van der Waals surface area contributed by atoms with Crippen molar-refractivity contribution >= 4 is 5.69 Å².